The molecule has 0 amide bonds. The van der Waals surface area contributed by atoms with Gasteiger partial charge in [0.15, 0.2) is 0 Å². The van der Waals surface area contributed by atoms with Gasteiger partial charge in [0.05, 0.1) is 0 Å². The zero-order chi connectivity index (χ0) is 14.1. The van der Waals surface area contributed by atoms with E-state index in [2.05, 4.69) is 25.6 Å². The van der Waals surface area contributed by atoms with Crippen LogP contribution >= 0.6 is 0 Å². The van der Waals surface area contributed by atoms with E-state index in [-0.39, 0.29) is 0 Å². The van der Waals surface area contributed by atoms with Gasteiger partial charge in [0.2, 0.25) is 0 Å². The minimum absolute atomic E-state index is 0.432. The van der Waals surface area contributed by atoms with Gasteiger partial charge >= 0.3 is 5.97 Å². The molecule has 2 nitrogen and oxygen atoms in total. The number of hydrogen-bond donors (Lipinski definition) is 0. The SMILES string of the molecule is C=CC(=O)Oc1ccc(C)cc1.Cc1ccccc1. The fraction of sp³-hybridized carbons (Fsp3) is 0.118. The molecule has 0 fully saturated rings. The Hall–Kier alpha value is -2.35. The maximum Gasteiger partial charge on any atom is 0.335 e. The minimum atomic E-state index is -0.432. The average Bonchev–Trinajstić information content (AvgIpc) is 2.43. The van der Waals surface area contributed by atoms with Gasteiger partial charge in [-0.15, -0.1) is 0 Å². The number of ether oxygens (including phenoxy) is 1. The normalized spacial score (nSPS) is 8.95. The number of aryl methyl sites for hydroxylation is 2. The van der Waals surface area contributed by atoms with Crippen LogP contribution in [0.1, 0.15) is 11.1 Å². The molecule has 0 aliphatic carbocycles. The highest BCUT2D eigenvalue weighted by molar-refractivity contribution is 5.83. The topological polar surface area (TPSA) is 26.3 Å². The van der Waals surface area contributed by atoms with Crippen LogP contribution in [-0.4, -0.2) is 5.97 Å². The Morgan fingerprint density at radius 3 is 1.89 bits per heavy atom. The van der Waals surface area contributed by atoms with Gasteiger partial charge in [-0.3, -0.25) is 0 Å². The molecule has 0 N–H and O–H groups in total. The van der Waals surface area contributed by atoms with E-state index in [0.717, 1.165) is 11.6 Å². The zero-order valence-electron chi connectivity index (χ0n) is 11.3. The van der Waals surface area contributed by atoms with Crippen LogP contribution in [0.5, 0.6) is 5.75 Å². The maximum atomic E-state index is 10.7. The standard InChI is InChI=1S/C10H10O2.C7H8/c1-3-10(11)12-9-6-4-8(2)5-7-9;1-7-5-3-2-4-6-7/h3-7H,1H2,2H3;2-6H,1H3. The maximum absolute atomic E-state index is 10.7. The fourth-order valence-corrected chi connectivity index (χ4v) is 1.30. The van der Waals surface area contributed by atoms with Crippen LogP contribution < -0.4 is 4.74 Å². The third kappa shape index (κ3) is 6.22. The second-order valence-corrected chi connectivity index (χ2v) is 4.09. The number of benzene rings is 2. The van der Waals surface area contributed by atoms with Crippen LogP contribution in [0, 0.1) is 13.8 Å². The van der Waals surface area contributed by atoms with Gasteiger partial charge in [0.1, 0.15) is 5.75 Å². The summed E-state index contributed by atoms with van der Waals surface area (Å²) < 4.78 is 4.86. The van der Waals surface area contributed by atoms with Crippen molar-refractivity contribution in [1.29, 1.82) is 0 Å². The summed E-state index contributed by atoms with van der Waals surface area (Å²) in [6.45, 7) is 7.35. The first-order chi connectivity index (χ1) is 9.11. The van der Waals surface area contributed by atoms with E-state index >= 15 is 0 Å². The van der Waals surface area contributed by atoms with Crippen LogP contribution in [0.4, 0.5) is 0 Å². The predicted octanol–water partition coefficient (Wildman–Crippen LogP) is 4.08. The summed E-state index contributed by atoms with van der Waals surface area (Å²) in [5.74, 6) is 0.115. The van der Waals surface area contributed by atoms with Crippen molar-refractivity contribution in [1.82, 2.24) is 0 Å². The molecule has 0 aliphatic rings. The summed E-state index contributed by atoms with van der Waals surface area (Å²) in [6, 6.07) is 17.5. The molecule has 2 aromatic carbocycles. The molecule has 2 rings (SSSR count). The van der Waals surface area contributed by atoms with Crippen molar-refractivity contribution in [2.24, 2.45) is 0 Å². The number of carbonyl (C=O) groups excluding carboxylic acids is 1. The van der Waals surface area contributed by atoms with Crippen molar-refractivity contribution >= 4 is 5.97 Å². The highest BCUT2D eigenvalue weighted by Crippen LogP contribution is 2.11. The Balaban J connectivity index is 0.000000218. The van der Waals surface area contributed by atoms with Gasteiger partial charge in [-0.2, -0.15) is 0 Å². The first-order valence-electron chi connectivity index (χ1n) is 6.04. The third-order valence-electron chi connectivity index (χ3n) is 2.35. The summed E-state index contributed by atoms with van der Waals surface area (Å²) >= 11 is 0. The van der Waals surface area contributed by atoms with Crippen LogP contribution in [0.25, 0.3) is 0 Å². The summed E-state index contributed by atoms with van der Waals surface area (Å²) in [7, 11) is 0. The first kappa shape index (κ1) is 14.7. The lowest BCUT2D eigenvalue weighted by Crippen LogP contribution is -2.02. The lowest BCUT2D eigenvalue weighted by Gasteiger charge is -2.00. The van der Waals surface area contributed by atoms with Crippen molar-refractivity contribution in [3.63, 3.8) is 0 Å². The Bertz CT molecular complexity index is 513. The van der Waals surface area contributed by atoms with Crippen molar-refractivity contribution in [2.45, 2.75) is 13.8 Å². The second-order valence-electron chi connectivity index (χ2n) is 4.09. The van der Waals surface area contributed by atoms with Crippen molar-refractivity contribution in [3.8, 4) is 5.75 Å². The highest BCUT2D eigenvalue weighted by atomic mass is 16.5. The summed E-state index contributed by atoms with van der Waals surface area (Å²) in [4.78, 5) is 10.7. The minimum Gasteiger partial charge on any atom is -0.423 e. The third-order valence-corrected chi connectivity index (χ3v) is 2.35. The number of carbonyl (C=O) groups is 1. The molecule has 19 heavy (non-hydrogen) atoms. The van der Waals surface area contributed by atoms with Crippen molar-refractivity contribution in [3.05, 3.63) is 78.4 Å². The molecule has 0 unspecified atom stereocenters. The van der Waals surface area contributed by atoms with Crippen LogP contribution in [0.15, 0.2) is 67.3 Å². The molecule has 0 saturated heterocycles. The van der Waals surface area contributed by atoms with Gasteiger partial charge in [-0.25, -0.2) is 4.79 Å². The predicted molar refractivity (Wildman–Crippen MR) is 78.2 cm³/mol. The van der Waals surface area contributed by atoms with E-state index in [1.54, 1.807) is 12.1 Å². The largest absolute Gasteiger partial charge is 0.423 e. The van der Waals surface area contributed by atoms with Gasteiger partial charge < -0.3 is 4.74 Å². The molecule has 0 aliphatic heterocycles. The zero-order valence-corrected chi connectivity index (χ0v) is 11.3. The van der Waals surface area contributed by atoms with Crippen LogP contribution in [-0.2, 0) is 4.79 Å². The number of hydrogen-bond acceptors (Lipinski definition) is 2. The van der Waals surface area contributed by atoms with Crippen molar-refractivity contribution < 1.29 is 9.53 Å². The number of rotatable bonds is 2. The molecular formula is C17H18O2. The van der Waals surface area contributed by atoms with E-state index in [1.165, 1.54) is 5.56 Å². The van der Waals surface area contributed by atoms with Gasteiger partial charge in [0.25, 0.3) is 0 Å². The fourth-order valence-electron chi connectivity index (χ4n) is 1.30. The highest BCUT2D eigenvalue weighted by Gasteiger charge is 1.97. The van der Waals surface area contributed by atoms with Gasteiger partial charge in [-0.1, -0.05) is 60.2 Å². The Kier molecular flexibility index (Phi) is 6.10. The monoisotopic (exact) mass is 254 g/mol. The Morgan fingerprint density at radius 2 is 1.47 bits per heavy atom. The molecule has 0 saturated carbocycles. The molecule has 0 heterocycles. The van der Waals surface area contributed by atoms with E-state index in [0.29, 0.717) is 5.75 Å². The summed E-state index contributed by atoms with van der Waals surface area (Å²) in [5, 5.41) is 0. The van der Waals surface area contributed by atoms with E-state index in [1.807, 2.05) is 37.3 Å². The van der Waals surface area contributed by atoms with Crippen LogP contribution in [0.2, 0.25) is 0 Å². The molecule has 0 atom stereocenters. The van der Waals surface area contributed by atoms with E-state index < -0.39 is 5.97 Å². The lowest BCUT2D eigenvalue weighted by molar-refractivity contribution is -0.128. The van der Waals surface area contributed by atoms with Gasteiger partial charge in [-0.05, 0) is 26.0 Å². The molecule has 2 aromatic rings. The quantitative estimate of drug-likeness (QED) is 0.458. The summed E-state index contributed by atoms with van der Waals surface area (Å²) in [5.41, 5.74) is 2.45. The Labute approximate surface area is 114 Å². The molecule has 2 heteroatoms. The number of esters is 1. The average molecular weight is 254 g/mol. The molecular weight excluding hydrogens is 236 g/mol. The molecule has 0 bridgehead atoms. The molecule has 0 radical (unpaired) electrons. The Morgan fingerprint density at radius 1 is 0.947 bits per heavy atom. The molecule has 98 valence electrons. The second kappa shape index (κ2) is 7.88. The van der Waals surface area contributed by atoms with Crippen molar-refractivity contribution in [2.75, 3.05) is 0 Å². The molecule has 0 aromatic heterocycles. The lowest BCUT2D eigenvalue weighted by atomic mass is 10.2. The first-order valence-corrected chi connectivity index (χ1v) is 6.04. The smallest absolute Gasteiger partial charge is 0.335 e. The van der Waals surface area contributed by atoms with Crippen LogP contribution in [0.3, 0.4) is 0 Å². The molecule has 0 spiro atoms. The van der Waals surface area contributed by atoms with E-state index in [4.69, 9.17) is 4.74 Å². The van der Waals surface area contributed by atoms with Gasteiger partial charge in [0, 0.05) is 6.08 Å². The summed E-state index contributed by atoms with van der Waals surface area (Å²) in [6.07, 6.45) is 1.14. The van der Waals surface area contributed by atoms with E-state index in [9.17, 15) is 4.79 Å².